The predicted molar refractivity (Wildman–Crippen MR) is 68.4 cm³/mol. The van der Waals surface area contributed by atoms with Crippen molar-refractivity contribution in [1.29, 1.82) is 0 Å². The molecular formula is C15H20O2. The third-order valence-corrected chi connectivity index (χ3v) is 3.67. The van der Waals surface area contributed by atoms with Crippen LogP contribution < -0.4 is 4.74 Å². The molecule has 2 nitrogen and oxygen atoms in total. The van der Waals surface area contributed by atoms with Gasteiger partial charge in [-0.15, -0.1) is 0 Å². The van der Waals surface area contributed by atoms with E-state index in [0.717, 1.165) is 17.7 Å². The normalized spacial score (nSPS) is 20.9. The molecule has 0 N–H and O–H groups in total. The molecule has 2 unspecified atom stereocenters. The molecule has 0 saturated heterocycles. The summed E-state index contributed by atoms with van der Waals surface area (Å²) < 4.78 is 5.90. The quantitative estimate of drug-likeness (QED) is 0.794. The third kappa shape index (κ3) is 2.68. The minimum absolute atomic E-state index is 0.0507. The lowest BCUT2D eigenvalue weighted by Gasteiger charge is -2.28. The van der Waals surface area contributed by atoms with E-state index in [1.807, 2.05) is 24.3 Å². The fourth-order valence-corrected chi connectivity index (χ4v) is 2.16. The summed E-state index contributed by atoms with van der Waals surface area (Å²) in [7, 11) is 0. The summed E-state index contributed by atoms with van der Waals surface area (Å²) in [5.74, 6) is 2.18. The lowest BCUT2D eigenvalue weighted by Crippen LogP contribution is -2.29. The Labute approximate surface area is 103 Å². The zero-order chi connectivity index (χ0) is 12.4. The van der Waals surface area contributed by atoms with Crippen LogP contribution in [-0.2, 0) is 0 Å². The van der Waals surface area contributed by atoms with Crippen LogP contribution in [0.2, 0.25) is 0 Å². The van der Waals surface area contributed by atoms with Crippen LogP contribution in [0.3, 0.4) is 0 Å². The maximum absolute atomic E-state index is 12.0. The van der Waals surface area contributed by atoms with Gasteiger partial charge in [-0.05, 0) is 30.4 Å². The molecule has 1 heterocycles. The van der Waals surface area contributed by atoms with Gasteiger partial charge in [0, 0.05) is 6.42 Å². The van der Waals surface area contributed by atoms with Gasteiger partial charge < -0.3 is 4.74 Å². The highest BCUT2D eigenvalue weighted by Gasteiger charge is 2.27. The van der Waals surface area contributed by atoms with E-state index in [1.165, 1.54) is 0 Å². The second-order valence-corrected chi connectivity index (χ2v) is 5.32. The maximum atomic E-state index is 12.0. The van der Waals surface area contributed by atoms with E-state index in [9.17, 15) is 4.79 Å². The summed E-state index contributed by atoms with van der Waals surface area (Å²) in [6.07, 6.45) is 1.53. The SMILES string of the molecule is CC(C)C(C)CC1CC(=O)c2ccccc2O1. The van der Waals surface area contributed by atoms with Crippen LogP contribution in [-0.4, -0.2) is 11.9 Å². The van der Waals surface area contributed by atoms with E-state index in [1.54, 1.807) is 0 Å². The monoisotopic (exact) mass is 232 g/mol. The molecule has 17 heavy (non-hydrogen) atoms. The molecule has 0 aromatic heterocycles. The van der Waals surface area contributed by atoms with Crippen molar-refractivity contribution in [3.63, 3.8) is 0 Å². The minimum atomic E-state index is 0.0507. The van der Waals surface area contributed by atoms with Gasteiger partial charge in [-0.2, -0.15) is 0 Å². The van der Waals surface area contributed by atoms with Crippen molar-refractivity contribution in [2.24, 2.45) is 11.8 Å². The molecule has 2 atom stereocenters. The smallest absolute Gasteiger partial charge is 0.170 e. The Morgan fingerprint density at radius 2 is 2.00 bits per heavy atom. The van der Waals surface area contributed by atoms with E-state index in [2.05, 4.69) is 20.8 Å². The second-order valence-electron chi connectivity index (χ2n) is 5.32. The number of hydrogen-bond donors (Lipinski definition) is 0. The highest BCUT2D eigenvalue weighted by atomic mass is 16.5. The Kier molecular flexibility index (Phi) is 3.51. The first kappa shape index (κ1) is 12.2. The number of carbonyl (C=O) groups is 1. The van der Waals surface area contributed by atoms with Crippen LogP contribution in [0.4, 0.5) is 0 Å². The van der Waals surface area contributed by atoms with Gasteiger partial charge in [0.25, 0.3) is 0 Å². The van der Waals surface area contributed by atoms with Gasteiger partial charge in [0.05, 0.1) is 5.56 Å². The average molecular weight is 232 g/mol. The van der Waals surface area contributed by atoms with Crippen molar-refractivity contribution in [2.45, 2.75) is 39.7 Å². The number of ketones is 1. The number of fused-ring (bicyclic) bond motifs is 1. The van der Waals surface area contributed by atoms with E-state index in [-0.39, 0.29) is 11.9 Å². The van der Waals surface area contributed by atoms with Gasteiger partial charge in [0.2, 0.25) is 0 Å². The van der Waals surface area contributed by atoms with Gasteiger partial charge in [0.15, 0.2) is 5.78 Å². The zero-order valence-electron chi connectivity index (χ0n) is 10.8. The van der Waals surface area contributed by atoms with Crippen molar-refractivity contribution in [3.05, 3.63) is 29.8 Å². The number of rotatable bonds is 3. The first-order valence-corrected chi connectivity index (χ1v) is 6.36. The number of para-hydroxylation sites is 1. The minimum Gasteiger partial charge on any atom is -0.489 e. The standard InChI is InChI=1S/C15H20O2/c1-10(2)11(3)8-12-9-14(16)13-6-4-5-7-15(13)17-12/h4-7,10-12H,8-9H2,1-3H3. The Morgan fingerprint density at radius 3 is 2.71 bits per heavy atom. The number of carbonyl (C=O) groups excluding carboxylic acids is 1. The molecule has 1 aromatic carbocycles. The first-order chi connectivity index (χ1) is 8.08. The predicted octanol–water partition coefficient (Wildman–Crippen LogP) is 3.70. The molecule has 1 aliphatic rings. The largest absolute Gasteiger partial charge is 0.489 e. The van der Waals surface area contributed by atoms with Crippen LogP contribution in [0.25, 0.3) is 0 Å². The Balaban J connectivity index is 2.09. The van der Waals surface area contributed by atoms with E-state index >= 15 is 0 Å². The van der Waals surface area contributed by atoms with Crippen molar-refractivity contribution < 1.29 is 9.53 Å². The van der Waals surface area contributed by atoms with E-state index < -0.39 is 0 Å². The zero-order valence-corrected chi connectivity index (χ0v) is 10.8. The van der Waals surface area contributed by atoms with Crippen molar-refractivity contribution in [2.75, 3.05) is 0 Å². The molecule has 0 fully saturated rings. The Morgan fingerprint density at radius 1 is 1.29 bits per heavy atom. The van der Waals surface area contributed by atoms with Crippen molar-refractivity contribution in [1.82, 2.24) is 0 Å². The highest BCUT2D eigenvalue weighted by Crippen LogP contribution is 2.30. The van der Waals surface area contributed by atoms with Crippen LogP contribution in [0.15, 0.2) is 24.3 Å². The van der Waals surface area contributed by atoms with Crippen LogP contribution >= 0.6 is 0 Å². The average Bonchev–Trinajstić information content (AvgIpc) is 2.29. The summed E-state index contributed by atoms with van der Waals surface area (Å²) in [5.41, 5.74) is 0.737. The molecule has 92 valence electrons. The summed E-state index contributed by atoms with van der Waals surface area (Å²) in [6, 6.07) is 7.54. The fourth-order valence-electron chi connectivity index (χ4n) is 2.16. The van der Waals surface area contributed by atoms with Gasteiger partial charge >= 0.3 is 0 Å². The number of Topliss-reactive ketones (excluding diaryl/α,β-unsaturated/α-hetero) is 1. The highest BCUT2D eigenvalue weighted by molar-refractivity contribution is 5.99. The van der Waals surface area contributed by atoms with Gasteiger partial charge in [-0.3, -0.25) is 4.79 Å². The van der Waals surface area contributed by atoms with Crippen molar-refractivity contribution in [3.8, 4) is 5.75 Å². The molecule has 0 spiro atoms. The molecule has 0 saturated carbocycles. The topological polar surface area (TPSA) is 26.3 Å². The lowest BCUT2D eigenvalue weighted by atomic mass is 9.88. The van der Waals surface area contributed by atoms with E-state index in [4.69, 9.17) is 4.74 Å². The molecule has 0 bridgehead atoms. The second kappa shape index (κ2) is 4.91. The van der Waals surface area contributed by atoms with Crippen LogP contribution in [0.1, 0.15) is 44.0 Å². The van der Waals surface area contributed by atoms with Crippen LogP contribution in [0.5, 0.6) is 5.75 Å². The maximum Gasteiger partial charge on any atom is 0.170 e. The molecule has 1 aromatic rings. The molecular weight excluding hydrogens is 212 g/mol. The summed E-state index contributed by atoms with van der Waals surface area (Å²) >= 11 is 0. The van der Waals surface area contributed by atoms with E-state index in [0.29, 0.717) is 18.3 Å². The summed E-state index contributed by atoms with van der Waals surface area (Å²) in [4.78, 5) is 12.0. The summed E-state index contributed by atoms with van der Waals surface area (Å²) in [5, 5.41) is 0. The fraction of sp³-hybridized carbons (Fsp3) is 0.533. The Hall–Kier alpha value is -1.31. The number of benzene rings is 1. The van der Waals surface area contributed by atoms with Crippen molar-refractivity contribution >= 4 is 5.78 Å². The molecule has 0 aliphatic carbocycles. The molecule has 0 radical (unpaired) electrons. The first-order valence-electron chi connectivity index (χ1n) is 6.36. The lowest BCUT2D eigenvalue weighted by molar-refractivity contribution is 0.0800. The molecule has 0 amide bonds. The molecule has 1 aliphatic heterocycles. The number of hydrogen-bond acceptors (Lipinski definition) is 2. The van der Waals surface area contributed by atoms with Gasteiger partial charge in [-0.1, -0.05) is 32.9 Å². The summed E-state index contributed by atoms with van der Waals surface area (Å²) in [6.45, 7) is 6.64. The molecule has 2 rings (SSSR count). The Bertz CT molecular complexity index is 409. The van der Waals surface area contributed by atoms with Gasteiger partial charge in [0.1, 0.15) is 11.9 Å². The third-order valence-electron chi connectivity index (χ3n) is 3.67. The van der Waals surface area contributed by atoms with Gasteiger partial charge in [-0.25, -0.2) is 0 Å². The number of ether oxygens (including phenoxy) is 1. The molecule has 2 heteroatoms. The van der Waals surface area contributed by atoms with Crippen LogP contribution in [0, 0.1) is 11.8 Å².